The summed E-state index contributed by atoms with van der Waals surface area (Å²) in [6.45, 7) is 1.42. The fraction of sp³-hybridized carbons (Fsp3) is 0.250. The molecule has 4 heteroatoms. The van der Waals surface area contributed by atoms with Crippen molar-refractivity contribution in [2.24, 2.45) is 0 Å². The molecule has 1 aromatic heterocycles. The molecule has 0 N–H and O–H groups in total. The lowest BCUT2D eigenvalue weighted by Gasteiger charge is -1.99. The highest BCUT2D eigenvalue weighted by molar-refractivity contribution is 9.10. The van der Waals surface area contributed by atoms with Crippen molar-refractivity contribution in [2.75, 3.05) is 0 Å². The van der Waals surface area contributed by atoms with E-state index in [4.69, 9.17) is 0 Å². The van der Waals surface area contributed by atoms with Crippen molar-refractivity contribution in [1.29, 1.82) is 0 Å². The number of Topliss-reactive ketones (excluding diaryl/α,β-unsaturated/α-hetero) is 1. The molecular formula is C8H7BrFNO. The van der Waals surface area contributed by atoms with Crippen LogP contribution in [0.15, 0.2) is 16.7 Å². The fourth-order valence-electron chi connectivity index (χ4n) is 0.857. The van der Waals surface area contributed by atoms with Crippen molar-refractivity contribution < 1.29 is 9.18 Å². The van der Waals surface area contributed by atoms with E-state index in [-0.39, 0.29) is 12.2 Å². The molecule has 2 nitrogen and oxygen atoms in total. The Balaban J connectivity index is 2.97. The van der Waals surface area contributed by atoms with E-state index in [1.54, 1.807) is 6.07 Å². The average Bonchev–Trinajstić information content (AvgIpc) is 1.96. The molecule has 0 fully saturated rings. The molecule has 0 saturated carbocycles. The Morgan fingerprint density at radius 2 is 2.42 bits per heavy atom. The second kappa shape index (κ2) is 3.76. The summed E-state index contributed by atoms with van der Waals surface area (Å²) in [4.78, 5) is 14.1. The molecule has 0 amide bonds. The van der Waals surface area contributed by atoms with Crippen LogP contribution in [-0.4, -0.2) is 10.8 Å². The zero-order chi connectivity index (χ0) is 9.14. The van der Waals surface area contributed by atoms with E-state index in [9.17, 15) is 9.18 Å². The summed E-state index contributed by atoms with van der Waals surface area (Å²) < 4.78 is 13.5. The number of hydrogen-bond donors (Lipinski definition) is 0. The molecule has 0 saturated heterocycles. The number of nitrogens with zero attached hydrogens (tertiary/aromatic N) is 1. The minimum absolute atomic E-state index is 0.0752. The largest absolute Gasteiger partial charge is 0.300 e. The third-order valence-electron chi connectivity index (χ3n) is 1.32. The summed E-state index contributed by atoms with van der Waals surface area (Å²) in [6.07, 6.45) is 1.46. The van der Waals surface area contributed by atoms with Crippen LogP contribution in [0.2, 0.25) is 0 Å². The van der Waals surface area contributed by atoms with Gasteiger partial charge in [0.15, 0.2) is 0 Å². The van der Waals surface area contributed by atoms with Gasteiger partial charge in [-0.1, -0.05) is 0 Å². The SMILES string of the molecule is CC(=O)Cc1cc(Br)cnc1F. The first kappa shape index (κ1) is 9.32. The van der Waals surface area contributed by atoms with Gasteiger partial charge in [0.05, 0.1) is 0 Å². The Kier molecular flexibility index (Phi) is 2.92. The summed E-state index contributed by atoms with van der Waals surface area (Å²) >= 11 is 3.15. The topological polar surface area (TPSA) is 30.0 Å². The highest BCUT2D eigenvalue weighted by Gasteiger charge is 2.05. The average molecular weight is 232 g/mol. The number of carbonyl (C=O) groups excluding carboxylic acids is 1. The smallest absolute Gasteiger partial charge is 0.216 e. The first-order valence-electron chi connectivity index (χ1n) is 3.39. The number of carbonyl (C=O) groups is 1. The molecule has 0 aliphatic heterocycles. The molecule has 1 aromatic rings. The lowest BCUT2D eigenvalue weighted by molar-refractivity contribution is -0.116. The zero-order valence-corrected chi connectivity index (χ0v) is 8.06. The molecule has 0 aliphatic carbocycles. The van der Waals surface area contributed by atoms with Crippen molar-refractivity contribution >= 4 is 21.7 Å². The van der Waals surface area contributed by atoms with Crippen LogP contribution in [0, 0.1) is 5.95 Å². The van der Waals surface area contributed by atoms with Crippen LogP contribution in [-0.2, 0) is 11.2 Å². The van der Waals surface area contributed by atoms with Gasteiger partial charge in [0.25, 0.3) is 0 Å². The van der Waals surface area contributed by atoms with Crippen LogP contribution in [0.4, 0.5) is 4.39 Å². The summed E-state index contributed by atoms with van der Waals surface area (Å²) in [5.74, 6) is -0.651. The number of pyridine rings is 1. The van der Waals surface area contributed by atoms with Crippen LogP contribution in [0.25, 0.3) is 0 Å². The standard InChI is InChI=1S/C8H7BrFNO/c1-5(12)2-6-3-7(9)4-11-8(6)10/h3-4H,2H2,1H3. The molecule has 0 aromatic carbocycles. The van der Waals surface area contributed by atoms with Gasteiger partial charge in [0.1, 0.15) is 5.78 Å². The van der Waals surface area contributed by atoms with E-state index < -0.39 is 5.95 Å². The van der Waals surface area contributed by atoms with Gasteiger partial charge in [0.2, 0.25) is 5.95 Å². The minimum atomic E-state index is -0.576. The van der Waals surface area contributed by atoms with Crippen molar-refractivity contribution in [3.63, 3.8) is 0 Å². The van der Waals surface area contributed by atoms with Crippen molar-refractivity contribution in [3.8, 4) is 0 Å². The van der Waals surface area contributed by atoms with Crippen LogP contribution in [0.1, 0.15) is 12.5 Å². The summed E-state index contributed by atoms with van der Waals surface area (Å²) in [5.41, 5.74) is 0.330. The predicted octanol–water partition coefficient (Wildman–Crippen LogP) is 2.11. The van der Waals surface area contributed by atoms with Gasteiger partial charge in [0, 0.05) is 22.7 Å². The van der Waals surface area contributed by atoms with Gasteiger partial charge in [-0.15, -0.1) is 0 Å². The van der Waals surface area contributed by atoms with Crippen molar-refractivity contribution in [3.05, 3.63) is 28.2 Å². The summed E-state index contributed by atoms with van der Waals surface area (Å²) in [6, 6.07) is 1.56. The second-order valence-corrected chi connectivity index (χ2v) is 3.40. The Labute approximate surface area is 77.9 Å². The van der Waals surface area contributed by atoms with E-state index in [2.05, 4.69) is 20.9 Å². The molecule has 64 valence electrons. The normalized spacial score (nSPS) is 9.92. The van der Waals surface area contributed by atoms with Gasteiger partial charge in [-0.25, -0.2) is 4.98 Å². The Hall–Kier alpha value is -0.770. The highest BCUT2D eigenvalue weighted by atomic mass is 79.9. The lowest BCUT2D eigenvalue weighted by Crippen LogP contribution is -2.00. The number of hydrogen-bond acceptors (Lipinski definition) is 2. The second-order valence-electron chi connectivity index (χ2n) is 2.48. The van der Waals surface area contributed by atoms with Gasteiger partial charge < -0.3 is 0 Å². The predicted molar refractivity (Wildman–Crippen MR) is 46.3 cm³/mol. The molecule has 0 bridgehead atoms. The molecule has 0 unspecified atom stereocenters. The van der Waals surface area contributed by atoms with Gasteiger partial charge in [-0.2, -0.15) is 4.39 Å². The monoisotopic (exact) mass is 231 g/mol. The molecule has 0 aliphatic rings. The summed E-state index contributed by atoms with van der Waals surface area (Å²) in [5, 5.41) is 0. The third kappa shape index (κ3) is 2.37. The van der Waals surface area contributed by atoms with Gasteiger partial charge >= 0.3 is 0 Å². The Morgan fingerprint density at radius 1 is 1.75 bits per heavy atom. The van der Waals surface area contributed by atoms with E-state index in [1.807, 2.05) is 0 Å². The van der Waals surface area contributed by atoms with Gasteiger partial charge in [-0.3, -0.25) is 4.79 Å². The Bertz CT molecular complexity index is 314. The van der Waals surface area contributed by atoms with Crippen molar-refractivity contribution in [2.45, 2.75) is 13.3 Å². The maximum absolute atomic E-state index is 12.8. The first-order valence-corrected chi connectivity index (χ1v) is 4.18. The molecule has 0 radical (unpaired) electrons. The van der Waals surface area contributed by atoms with E-state index in [0.717, 1.165) is 0 Å². The zero-order valence-electron chi connectivity index (χ0n) is 6.47. The van der Waals surface area contributed by atoms with Gasteiger partial charge in [-0.05, 0) is 28.9 Å². The molecule has 1 heterocycles. The minimum Gasteiger partial charge on any atom is -0.300 e. The first-order chi connectivity index (χ1) is 5.59. The fourth-order valence-corrected chi connectivity index (χ4v) is 1.24. The van der Waals surface area contributed by atoms with Crippen LogP contribution < -0.4 is 0 Å². The number of ketones is 1. The maximum Gasteiger partial charge on any atom is 0.216 e. The molecule has 1 rings (SSSR count). The summed E-state index contributed by atoms with van der Waals surface area (Å²) in [7, 11) is 0. The number of rotatable bonds is 2. The molecule has 0 atom stereocenters. The Morgan fingerprint density at radius 3 is 3.00 bits per heavy atom. The van der Waals surface area contributed by atoms with Crippen LogP contribution >= 0.6 is 15.9 Å². The van der Waals surface area contributed by atoms with Crippen molar-refractivity contribution in [1.82, 2.24) is 4.98 Å². The highest BCUT2D eigenvalue weighted by Crippen LogP contribution is 2.13. The van der Waals surface area contributed by atoms with E-state index >= 15 is 0 Å². The molecule has 12 heavy (non-hydrogen) atoms. The van der Waals surface area contributed by atoms with E-state index in [0.29, 0.717) is 10.0 Å². The van der Waals surface area contributed by atoms with Crippen LogP contribution in [0.5, 0.6) is 0 Å². The maximum atomic E-state index is 12.8. The number of halogens is 2. The van der Waals surface area contributed by atoms with Crippen LogP contribution in [0.3, 0.4) is 0 Å². The number of aromatic nitrogens is 1. The third-order valence-corrected chi connectivity index (χ3v) is 1.75. The quantitative estimate of drug-likeness (QED) is 0.731. The molecular weight excluding hydrogens is 225 g/mol. The lowest BCUT2D eigenvalue weighted by atomic mass is 10.1. The van der Waals surface area contributed by atoms with E-state index in [1.165, 1.54) is 13.1 Å². The molecule has 0 spiro atoms.